The number of aromatic nitrogens is 1. The highest BCUT2D eigenvalue weighted by molar-refractivity contribution is 7.92. The summed E-state index contributed by atoms with van der Waals surface area (Å²) in [5.41, 5.74) is 3.57. The molecule has 0 spiro atoms. The van der Waals surface area contributed by atoms with Gasteiger partial charge < -0.3 is 4.90 Å². The Labute approximate surface area is 195 Å². The molecule has 4 rings (SSSR count). The Morgan fingerprint density at radius 1 is 0.969 bits per heavy atom. The minimum Gasteiger partial charge on any atom is -0.300 e. The standard InChI is InChI=1S/C24H30N4O2S2/c1-19-22(31-24(25-19)26-32(2,29)30)13-14-27-15-17-28(18-16-27)23(20-9-5-3-6-10-20)21-11-7-4-8-12-21/h3-12,23H,13-18H2,1-2H3,(H,25,26). The van der Waals surface area contributed by atoms with Gasteiger partial charge >= 0.3 is 0 Å². The van der Waals surface area contributed by atoms with Crippen molar-refractivity contribution in [1.82, 2.24) is 14.8 Å². The van der Waals surface area contributed by atoms with Crippen LogP contribution in [0.1, 0.15) is 27.7 Å². The van der Waals surface area contributed by atoms with Crippen LogP contribution >= 0.6 is 11.3 Å². The third-order valence-electron chi connectivity index (χ3n) is 5.82. The van der Waals surface area contributed by atoms with Crippen LogP contribution in [0.3, 0.4) is 0 Å². The molecule has 170 valence electrons. The molecule has 2 heterocycles. The SMILES string of the molecule is Cc1nc(NS(C)(=O)=O)sc1CCN1CCN(C(c2ccccc2)c2ccccc2)CC1. The maximum Gasteiger partial charge on any atom is 0.231 e. The van der Waals surface area contributed by atoms with Gasteiger partial charge in [0.1, 0.15) is 0 Å². The largest absolute Gasteiger partial charge is 0.300 e. The Kier molecular flexibility index (Phi) is 7.25. The van der Waals surface area contributed by atoms with Gasteiger partial charge in [0.25, 0.3) is 0 Å². The molecule has 1 fully saturated rings. The molecule has 0 bridgehead atoms. The number of anilines is 1. The van der Waals surface area contributed by atoms with Crippen LogP contribution < -0.4 is 4.72 Å². The topological polar surface area (TPSA) is 65.5 Å². The van der Waals surface area contributed by atoms with E-state index in [4.69, 9.17) is 0 Å². The fraction of sp³-hybridized carbons (Fsp3) is 0.375. The van der Waals surface area contributed by atoms with Crippen molar-refractivity contribution < 1.29 is 8.42 Å². The van der Waals surface area contributed by atoms with Crippen molar-refractivity contribution in [1.29, 1.82) is 0 Å². The highest BCUT2D eigenvalue weighted by Gasteiger charge is 2.26. The lowest BCUT2D eigenvalue weighted by Gasteiger charge is -2.39. The Hall–Kier alpha value is -2.26. The van der Waals surface area contributed by atoms with Crippen LogP contribution in [0.4, 0.5) is 5.13 Å². The zero-order chi connectivity index (χ0) is 22.6. The molecule has 1 saturated heterocycles. The van der Waals surface area contributed by atoms with Gasteiger partial charge in [-0.3, -0.25) is 9.62 Å². The number of rotatable bonds is 8. The number of hydrogen-bond acceptors (Lipinski definition) is 6. The molecule has 0 saturated carbocycles. The quantitative estimate of drug-likeness (QED) is 0.543. The summed E-state index contributed by atoms with van der Waals surface area (Å²) < 4.78 is 25.4. The molecule has 0 amide bonds. The van der Waals surface area contributed by atoms with E-state index in [2.05, 4.69) is 80.2 Å². The number of benzene rings is 2. The number of hydrogen-bond donors (Lipinski definition) is 1. The van der Waals surface area contributed by atoms with E-state index in [-0.39, 0.29) is 6.04 Å². The van der Waals surface area contributed by atoms with Gasteiger partial charge in [-0.25, -0.2) is 13.4 Å². The molecule has 3 aromatic rings. The number of nitrogens with zero attached hydrogens (tertiary/aromatic N) is 3. The van der Waals surface area contributed by atoms with Crippen LogP contribution in [0.15, 0.2) is 60.7 Å². The smallest absolute Gasteiger partial charge is 0.231 e. The zero-order valence-corrected chi connectivity index (χ0v) is 20.2. The summed E-state index contributed by atoms with van der Waals surface area (Å²) in [7, 11) is -3.29. The first-order valence-electron chi connectivity index (χ1n) is 10.9. The molecule has 2 aromatic carbocycles. The highest BCUT2D eigenvalue weighted by atomic mass is 32.2. The van der Waals surface area contributed by atoms with E-state index in [1.807, 2.05) is 6.92 Å². The molecule has 1 N–H and O–H groups in total. The number of nitrogens with one attached hydrogen (secondary N) is 1. The predicted octanol–water partition coefficient (Wildman–Crippen LogP) is 3.77. The van der Waals surface area contributed by atoms with E-state index >= 15 is 0 Å². The van der Waals surface area contributed by atoms with E-state index in [0.717, 1.165) is 56.0 Å². The second kappa shape index (κ2) is 10.1. The van der Waals surface area contributed by atoms with E-state index in [9.17, 15) is 8.42 Å². The summed E-state index contributed by atoms with van der Waals surface area (Å²) in [6.07, 6.45) is 2.04. The van der Waals surface area contributed by atoms with Gasteiger partial charge in [-0.15, -0.1) is 11.3 Å². The minimum absolute atomic E-state index is 0.271. The van der Waals surface area contributed by atoms with Gasteiger partial charge in [0.05, 0.1) is 18.0 Å². The first-order chi connectivity index (χ1) is 15.4. The van der Waals surface area contributed by atoms with Crippen LogP contribution in [0.2, 0.25) is 0 Å². The van der Waals surface area contributed by atoms with Crippen molar-refractivity contribution in [3.8, 4) is 0 Å². The lowest BCUT2D eigenvalue weighted by Crippen LogP contribution is -2.48. The first-order valence-corrected chi connectivity index (χ1v) is 13.6. The van der Waals surface area contributed by atoms with E-state index in [0.29, 0.717) is 5.13 Å². The fourth-order valence-electron chi connectivity index (χ4n) is 4.25. The fourth-order valence-corrected chi connectivity index (χ4v) is 6.04. The van der Waals surface area contributed by atoms with E-state index in [1.165, 1.54) is 22.5 Å². The molecule has 8 heteroatoms. The maximum atomic E-state index is 11.5. The number of sulfonamides is 1. The molecule has 0 radical (unpaired) electrons. The molecule has 0 unspecified atom stereocenters. The molecule has 6 nitrogen and oxygen atoms in total. The number of thiazole rings is 1. The van der Waals surface area contributed by atoms with Crippen LogP contribution in [-0.2, 0) is 16.4 Å². The van der Waals surface area contributed by atoms with Gasteiger partial charge in [0.15, 0.2) is 5.13 Å². The average Bonchev–Trinajstić information content (AvgIpc) is 3.12. The number of aryl methyl sites for hydroxylation is 1. The molecule has 0 atom stereocenters. The summed E-state index contributed by atoms with van der Waals surface area (Å²) in [4.78, 5) is 10.6. The average molecular weight is 471 g/mol. The monoisotopic (exact) mass is 470 g/mol. The van der Waals surface area contributed by atoms with Crippen LogP contribution in [0.5, 0.6) is 0 Å². The van der Waals surface area contributed by atoms with Crippen LogP contribution in [-0.4, -0.2) is 62.2 Å². The first kappa shape index (κ1) is 22.9. The molecular weight excluding hydrogens is 440 g/mol. The second-order valence-electron chi connectivity index (χ2n) is 8.25. The van der Waals surface area contributed by atoms with Crippen molar-refractivity contribution in [2.75, 3.05) is 43.7 Å². The Morgan fingerprint density at radius 3 is 2.06 bits per heavy atom. The Bertz CT molecular complexity index is 1070. The number of piperazine rings is 1. The van der Waals surface area contributed by atoms with Crippen molar-refractivity contribution in [2.24, 2.45) is 0 Å². The van der Waals surface area contributed by atoms with Gasteiger partial charge in [0.2, 0.25) is 10.0 Å². The third kappa shape index (κ3) is 5.95. The second-order valence-corrected chi connectivity index (χ2v) is 11.1. The van der Waals surface area contributed by atoms with Crippen molar-refractivity contribution >= 4 is 26.5 Å². The van der Waals surface area contributed by atoms with E-state index in [1.54, 1.807) is 0 Å². The maximum absolute atomic E-state index is 11.5. The van der Waals surface area contributed by atoms with Gasteiger partial charge in [-0.2, -0.15) is 0 Å². The summed E-state index contributed by atoms with van der Waals surface area (Å²) in [5.74, 6) is 0. The summed E-state index contributed by atoms with van der Waals surface area (Å²) in [6.45, 7) is 6.96. The molecule has 32 heavy (non-hydrogen) atoms. The molecule has 1 aromatic heterocycles. The van der Waals surface area contributed by atoms with Gasteiger partial charge in [-0.1, -0.05) is 60.7 Å². The molecule has 0 aliphatic carbocycles. The van der Waals surface area contributed by atoms with Crippen molar-refractivity contribution in [3.05, 3.63) is 82.4 Å². The lowest BCUT2D eigenvalue weighted by atomic mass is 9.96. The third-order valence-corrected chi connectivity index (χ3v) is 7.65. The summed E-state index contributed by atoms with van der Waals surface area (Å²) in [6, 6.07) is 21.8. The van der Waals surface area contributed by atoms with Crippen molar-refractivity contribution in [2.45, 2.75) is 19.4 Å². The predicted molar refractivity (Wildman–Crippen MR) is 132 cm³/mol. The summed E-state index contributed by atoms with van der Waals surface area (Å²) >= 11 is 1.44. The zero-order valence-electron chi connectivity index (χ0n) is 18.6. The molecule has 1 aliphatic heterocycles. The Balaban J connectivity index is 1.37. The summed E-state index contributed by atoms with van der Waals surface area (Å²) in [5, 5.41) is 0.457. The Morgan fingerprint density at radius 2 is 1.53 bits per heavy atom. The van der Waals surface area contributed by atoms with Crippen LogP contribution in [0, 0.1) is 6.92 Å². The lowest BCUT2D eigenvalue weighted by molar-refractivity contribution is 0.110. The van der Waals surface area contributed by atoms with Gasteiger partial charge in [-0.05, 0) is 24.5 Å². The minimum atomic E-state index is -3.29. The van der Waals surface area contributed by atoms with Gasteiger partial charge in [0, 0.05) is 37.6 Å². The van der Waals surface area contributed by atoms with Crippen LogP contribution in [0.25, 0.3) is 0 Å². The molecular formula is C24H30N4O2S2. The van der Waals surface area contributed by atoms with Crippen molar-refractivity contribution in [3.63, 3.8) is 0 Å². The molecule has 1 aliphatic rings. The normalized spacial score (nSPS) is 15.8. The highest BCUT2D eigenvalue weighted by Crippen LogP contribution is 2.30. The van der Waals surface area contributed by atoms with E-state index < -0.39 is 10.0 Å².